The Hall–Kier alpha value is -2.56. The van der Waals surface area contributed by atoms with E-state index in [-0.39, 0.29) is 0 Å². The fourth-order valence-electron chi connectivity index (χ4n) is 2.84. The lowest BCUT2D eigenvalue weighted by Gasteiger charge is -2.22. The molecule has 0 amide bonds. The maximum atomic E-state index is 8.07. The number of benzene rings is 1. The molecular weight excluding hydrogens is 300 g/mol. The predicted octanol–water partition coefficient (Wildman–Crippen LogP) is 4.09. The van der Waals surface area contributed by atoms with Crippen molar-refractivity contribution >= 4 is 28.5 Å². The number of nitrogens with two attached hydrogens (primary N) is 1. The Morgan fingerprint density at radius 1 is 1.21 bits per heavy atom. The van der Waals surface area contributed by atoms with Crippen molar-refractivity contribution < 1.29 is 4.74 Å². The van der Waals surface area contributed by atoms with Crippen molar-refractivity contribution in [2.45, 2.75) is 27.7 Å². The molecular formula is C19H26N4O. The number of nitrogen functional groups attached to an aromatic ring is 1. The summed E-state index contributed by atoms with van der Waals surface area (Å²) in [5.74, 6) is 0.623. The zero-order chi connectivity index (χ0) is 17.9. The van der Waals surface area contributed by atoms with Gasteiger partial charge in [-0.1, -0.05) is 0 Å². The van der Waals surface area contributed by atoms with Crippen LogP contribution in [0.1, 0.15) is 27.7 Å². The SMILES string of the molecule is CCN(CC)c1ccc(N=C2C=C(C)C(=N)C(C)=C2OC)c(N)c1. The van der Waals surface area contributed by atoms with Crippen molar-refractivity contribution in [2.24, 2.45) is 4.99 Å². The van der Waals surface area contributed by atoms with Crippen LogP contribution in [0, 0.1) is 5.41 Å². The van der Waals surface area contributed by atoms with Gasteiger partial charge in [0.05, 0.1) is 24.2 Å². The average molecular weight is 326 g/mol. The highest BCUT2D eigenvalue weighted by molar-refractivity contribution is 6.24. The van der Waals surface area contributed by atoms with Crippen LogP contribution in [0.15, 0.2) is 46.2 Å². The lowest BCUT2D eigenvalue weighted by atomic mass is 9.95. The van der Waals surface area contributed by atoms with Crippen molar-refractivity contribution in [2.75, 3.05) is 30.8 Å². The monoisotopic (exact) mass is 326 g/mol. The molecule has 0 saturated carbocycles. The number of nitrogens with zero attached hydrogens (tertiary/aromatic N) is 2. The van der Waals surface area contributed by atoms with E-state index in [0.29, 0.717) is 28.6 Å². The first-order valence-electron chi connectivity index (χ1n) is 8.18. The minimum absolute atomic E-state index is 0.482. The molecule has 0 radical (unpaired) electrons. The lowest BCUT2D eigenvalue weighted by molar-refractivity contribution is 0.312. The standard InChI is InChI=1S/C19H26N4O/c1-6-23(7-2)14-8-9-16(15(20)11-14)22-17-10-12(3)18(21)13(4)19(17)24-5/h8-11,21H,6-7,20H2,1-5H3. The maximum Gasteiger partial charge on any atom is 0.149 e. The first kappa shape index (κ1) is 17.8. The average Bonchev–Trinajstić information content (AvgIpc) is 2.56. The molecule has 24 heavy (non-hydrogen) atoms. The van der Waals surface area contributed by atoms with E-state index in [2.05, 4.69) is 23.7 Å². The van der Waals surface area contributed by atoms with Gasteiger partial charge in [-0.15, -0.1) is 0 Å². The molecule has 1 aliphatic carbocycles. The lowest BCUT2D eigenvalue weighted by Crippen LogP contribution is -2.21. The van der Waals surface area contributed by atoms with Crippen LogP contribution in [0.25, 0.3) is 0 Å². The molecule has 0 bridgehead atoms. The Bertz CT molecular complexity index is 740. The molecule has 3 N–H and O–H groups in total. The second kappa shape index (κ2) is 7.34. The normalized spacial score (nSPS) is 16.5. The highest BCUT2D eigenvalue weighted by Crippen LogP contribution is 2.30. The van der Waals surface area contributed by atoms with Gasteiger partial charge in [0.1, 0.15) is 11.5 Å². The molecule has 0 heterocycles. The fourth-order valence-corrected chi connectivity index (χ4v) is 2.84. The summed E-state index contributed by atoms with van der Waals surface area (Å²) in [6, 6.07) is 5.92. The number of aliphatic imine (C=N–C) groups is 1. The minimum Gasteiger partial charge on any atom is -0.494 e. The van der Waals surface area contributed by atoms with Crippen LogP contribution in [0.5, 0.6) is 0 Å². The largest absolute Gasteiger partial charge is 0.494 e. The molecule has 1 aromatic carbocycles. The topological polar surface area (TPSA) is 74.7 Å². The van der Waals surface area contributed by atoms with Crippen molar-refractivity contribution in [3.05, 3.63) is 41.2 Å². The van der Waals surface area contributed by atoms with Crippen LogP contribution in [-0.4, -0.2) is 31.6 Å². The number of rotatable bonds is 5. The number of nitrogens with one attached hydrogen (secondary N) is 1. The van der Waals surface area contributed by atoms with Gasteiger partial charge in [0, 0.05) is 24.4 Å². The van der Waals surface area contributed by atoms with Gasteiger partial charge in [0.25, 0.3) is 0 Å². The molecule has 0 saturated heterocycles. The zero-order valence-electron chi connectivity index (χ0n) is 15.1. The maximum absolute atomic E-state index is 8.07. The first-order valence-corrected chi connectivity index (χ1v) is 8.18. The molecule has 128 valence electrons. The third-order valence-electron chi connectivity index (χ3n) is 4.28. The molecule has 2 rings (SSSR count). The number of ether oxygens (including phenoxy) is 1. The molecule has 5 heteroatoms. The van der Waals surface area contributed by atoms with E-state index in [1.54, 1.807) is 7.11 Å². The second-order valence-electron chi connectivity index (χ2n) is 5.77. The Labute approximate surface area is 144 Å². The number of hydrogen-bond acceptors (Lipinski definition) is 5. The van der Waals surface area contributed by atoms with E-state index in [9.17, 15) is 0 Å². The molecule has 0 aromatic heterocycles. The number of allylic oxidation sites excluding steroid dienone is 3. The molecule has 0 spiro atoms. The van der Waals surface area contributed by atoms with E-state index >= 15 is 0 Å². The van der Waals surface area contributed by atoms with E-state index in [0.717, 1.165) is 29.9 Å². The third-order valence-corrected chi connectivity index (χ3v) is 4.28. The van der Waals surface area contributed by atoms with E-state index in [1.165, 1.54) is 0 Å². The summed E-state index contributed by atoms with van der Waals surface area (Å²) >= 11 is 0. The summed E-state index contributed by atoms with van der Waals surface area (Å²) in [6.07, 6.45) is 1.87. The van der Waals surface area contributed by atoms with Gasteiger partial charge in [0.15, 0.2) is 0 Å². The van der Waals surface area contributed by atoms with Gasteiger partial charge < -0.3 is 20.8 Å². The smallest absolute Gasteiger partial charge is 0.149 e. The molecule has 1 aromatic rings. The quantitative estimate of drug-likeness (QED) is 0.632. The molecule has 5 nitrogen and oxygen atoms in total. The van der Waals surface area contributed by atoms with Crippen LogP contribution < -0.4 is 10.6 Å². The molecule has 1 aliphatic rings. The van der Waals surface area contributed by atoms with Gasteiger partial charge in [-0.2, -0.15) is 0 Å². The highest BCUT2D eigenvalue weighted by Gasteiger charge is 2.20. The Kier molecular flexibility index (Phi) is 5.44. The molecule has 0 aliphatic heterocycles. The fraction of sp³-hybridized carbons (Fsp3) is 0.368. The van der Waals surface area contributed by atoms with Crippen molar-refractivity contribution in [1.82, 2.24) is 0 Å². The van der Waals surface area contributed by atoms with E-state index < -0.39 is 0 Å². The summed E-state index contributed by atoms with van der Waals surface area (Å²) in [5, 5.41) is 8.07. The van der Waals surface area contributed by atoms with Crippen molar-refractivity contribution in [1.29, 1.82) is 5.41 Å². The molecule has 0 atom stereocenters. The molecule has 0 unspecified atom stereocenters. The predicted molar refractivity (Wildman–Crippen MR) is 103 cm³/mol. The second-order valence-corrected chi connectivity index (χ2v) is 5.77. The minimum atomic E-state index is 0.482. The summed E-state index contributed by atoms with van der Waals surface area (Å²) < 4.78 is 5.46. The number of hydrogen-bond donors (Lipinski definition) is 2. The van der Waals surface area contributed by atoms with Crippen LogP contribution in [-0.2, 0) is 4.74 Å². The summed E-state index contributed by atoms with van der Waals surface area (Å²) in [6.45, 7) is 9.89. The first-order chi connectivity index (χ1) is 11.4. The van der Waals surface area contributed by atoms with Gasteiger partial charge >= 0.3 is 0 Å². The number of methoxy groups -OCH3 is 1. The Morgan fingerprint density at radius 3 is 2.42 bits per heavy atom. The molecule has 0 fully saturated rings. The van der Waals surface area contributed by atoms with Crippen LogP contribution >= 0.6 is 0 Å². The van der Waals surface area contributed by atoms with Gasteiger partial charge in [0.2, 0.25) is 0 Å². The van der Waals surface area contributed by atoms with Gasteiger partial charge in [-0.25, -0.2) is 4.99 Å². The Morgan fingerprint density at radius 2 is 1.88 bits per heavy atom. The van der Waals surface area contributed by atoms with Crippen LogP contribution in [0.2, 0.25) is 0 Å². The number of anilines is 2. The highest BCUT2D eigenvalue weighted by atomic mass is 16.5. The van der Waals surface area contributed by atoms with Crippen molar-refractivity contribution in [3.8, 4) is 0 Å². The Balaban J connectivity index is 2.45. The van der Waals surface area contributed by atoms with Crippen LogP contribution in [0.4, 0.5) is 17.1 Å². The van der Waals surface area contributed by atoms with Gasteiger partial charge in [-0.05, 0) is 57.5 Å². The van der Waals surface area contributed by atoms with Gasteiger partial charge in [-0.3, -0.25) is 0 Å². The summed E-state index contributed by atoms with van der Waals surface area (Å²) in [7, 11) is 1.60. The third kappa shape index (κ3) is 3.35. The van der Waals surface area contributed by atoms with E-state index in [1.807, 2.05) is 38.1 Å². The van der Waals surface area contributed by atoms with E-state index in [4.69, 9.17) is 15.9 Å². The van der Waals surface area contributed by atoms with Crippen LogP contribution in [0.3, 0.4) is 0 Å². The summed E-state index contributed by atoms with van der Waals surface area (Å²) in [5.41, 5.74) is 11.5. The zero-order valence-corrected chi connectivity index (χ0v) is 15.1. The summed E-state index contributed by atoms with van der Waals surface area (Å²) in [4.78, 5) is 6.91. The van der Waals surface area contributed by atoms with Crippen molar-refractivity contribution in [3.63, 3.8) is 0 Å².